The number of hydrogen-bond donors (Lipinski definition) is 2. The maximum Gasteiger partial charge on any atom is 0.435 e. The highest BCUT2D eigenvalue weighted by Crippen LogP contribution is 2.28. The van der Waals surface area contributed by atoms with Gasteiger partial charge in [-0.2, -0.15) is 18.3 Å². The molecule has 0 aliphatic heterocycles. The summed E-state index contributed by atoms with van der Waals surface area (Å²) in [6.07, 6.45) is -1.62. The zero-order chi connectivity index (χ0) is 15.5. The largest absolute Gasteiger partial charge is 0.435 e. The fourth-order valence-electron chi connectivity index (χ4n) is 1.68. The molecular formula is C12H15F3N4O2. The topological polar surface area (TPSA) is 76.0 Å². The molecule has 1 aromatic rings. The first kappa shape index (κ1) is 15.3. The monoisotopic (exact) mass is 304 g/mol. The van der Waals surface area contributed by atoms with Crippen LogP contribution in [0.1, 0.15) is 18.5 Å². The van der Waals surface area contributed by atoms with Crippen LogP contribution in [-0.2, 0) is 22.3 Å². The Morgan fingerprint density at radius 1 is 1.29 bits per heavy atom. The molecule has 1 heterocycles. The lowest BCUT2D eigenvalue weighted by Gasteiger charge is -2.07. The maximum absolute atomic E-state index is 12.3. The van der Waals surface area contributed by atoms with Gasteiger partial charge in [0.2, 0.25) is 11.8 Å². The molecule has 0 unspecified atom stereocenters. The lowest BCUT2D eigenvalue weighted by Crippen LogP contribution is -2.36. The van der Waals surface area contributed by atoms with Crippen molar-refractivity contribution in [2.45, 2.75) is 25.6 Å². The van der Waals surface area contributed by atoms with E-state index >= 15 is 0 Å². The van der Waals surface area contributed by atoms with Crippen molar-refractivity contribution in [2.75, 3.05) is 13.1 Å². The Hall–Kier alpha value is -2.06. The van der Waals surface area contributed by atoms with Crippen LogP contribution in [0.2, 0.25) is 0 Å². The number of carbonyl (C=O) groups excluding carboxylic acids is 2. The molecular weight excluding hydrogens is 289 g/mol. The highest BCUT2D eigenvalue weighted by atomic mass is 19.4. The summed E-state index contributed by atoms with van der Waals surface area (Å²) in [5.41, 5.74) is -1.04. The number of nitrogens with zero attached hydrogens (tertiary/aromatic N) is 2. The third kappa shape index (κ3) is 4.76. The Morgan fingerprint density at radius 2 is 1.95 bits per heavy atom. The molecule has 2 rings (SSSR count). The molecule has 1 aliphatic carbocycles. The molecule has 9 heteroatoms. The van der Waals surface area contributed by atoms with E-state index in [2.05, 4.69) is 15.7 Å². The van der Waals surface area contributed by atoms with E-state index in [-0.39, 0.29) is 24.9 Å². The summed E-state index contributed by atoms with van der Waals surface area (Å²) in [7, 11) is 0. The minimum absolute atomic E-state index is 0.0221. The summed E-state index contributed by atoms with van der Waals surface area (Å²) in [5, 5.41) is 8.43. The molecule has 1 saturated carbocycles. The second-order valence-corrected chi connectivity index (χ2v) is 4.81. The van der Waals surface area contributed by atoms with Crippen LogP contribution in [-0.4, -0.2) is 34.7 Å². The fourth-order valence-corrected chi connectivity index (χ4v) is 1.68. The Morgan fingerprint density at radius 3 is 2.52 bits per heavy atom. The van der Waals surface area contributed by atoms with Gasteiger partial charge in [-0.15, -0.1) is 0 Å². The summed E-state index contributed by atoms with van der Waals surface area (Å²) >= 11 is 0. The molecule has 2 N–H and O–H groups in total. The Kier molecular flexibility index (Phi) is 4.49. The Balaban J connectivity index is 1.67. The molecule has 0 saturated heterocycles. The van der Waals surface area contributed by atoms with Crippen molar-refractivity contribution in [3.8, 4) is 0 Å². The van der Waals surface area contributed by atoms with Crippen molar-refractivity contribution in [3.63, 3.8) is 0 Å². The van der Waals surface area contributed by atoms with Crippen LogP contribution in [0.15, 0.2) is 12.3 Å². The predicted octanol–water partition coefficient (Wildman–Crippen LogP) is 0.544. The van der Waals surface area contributed by atoms with Gasteiger partial charge in [0, 0.05) is 25.2 Å². The predicted molar refractivity (Wildman–Crippen MR) is 66.0 cm³/mol. The second-order valence-electron chi connectivity index (χ2n) is 4.81. The number of alkyl halides is 3. The summed E-state index contributed by atoms with van der Waals surface area (Å²) in [4.78, 5) is 22.8. The van der Waals surface area contributed by atoms with Crippen LogP contribution in [0, 0.1) is 5.92 Å². The molecule has 2 amide bonds. The molecule has 21 heavy (non-hydrogen) atoms. The van der Waals surface area contributed by atoms with Crippen LogP contribution >= 0.6 is 0 Å². The van der Waals surface area contributed by atoms with Gasteiger partial charge >= 0.3 is 6.18 Å². The SMILES string of the molecule is O=C(Cn1ccc(C(F)(F)F)n1)NCCNC(=O)C1CC1. The highest BCUT2D eigenvalue weighted by Gasteiger charge is 2.33. The molecule has 116 valence electrons. The van der Waals surface area contributed by atoms with Gasteiger partial charge in [0.1, 0.15) is 6.54 Å². The van der Waals surface area contributed by atoms with Crippen LogP contribution in [0.3, 0.4) is 0 Å². The number of halogens is 3. The summed E-state index contributed by atoms with van der Waals surface area (Å²) < 4.78 is 37.9. The van der Waals surface area contributed by atoms with Crippen LogP contribution in [0.4, 0.5) is 13.2 Å². The van der Waals surface area contributed by atoms with Gasteiger partial charge in [-0.05, 0) is 18.9 Å². The lowest BCUT2D eigenvalue weighted by atomic mass is 10.4. The molecule has 0 aromatic carbocycles. The molecule has 0 bridgehead atoms. The number of nitrogens with one attached hydrogen (secondary N) is 2. The molecule has 1 fully saturated rings. The van der Waals surface area contributed by atoms with E-state index in [0.29, 0.717) is 6.54 Å². The van der Waals surface area contributed by atoms with E-state index < -0.39 is 17.8 Å². The van der Waals surface area contributed by atoms with Gasteiger partial charge < -0.3 is 10.6 Å². The number of rotatable bonds is 6. The van der Waals surface area contributed by atoms with Gasteiger partial charge in [0.05, 0.1) is 0 Å². The number of hydrogen-bond acceptors (Lipinski definition) is 3. The van der Waals surface area contributed by atoms with Gasteiger partial charge in [0.25, 0.3) is 0 Å². The molecule has 0 spiro atoms. The quantitative estimate of drug-likeness (QED) is 0.753. The van der Waals surface area contributed by atoms with Crippen molar-refractivity contribution in [3.05, 3.63) is 18.0 Å². The van der Waals surface area contributed by atoms with E-state index in [4.69, 9.17) is 0 Å². The molecule has 6 nitrogen and oxygen atoms in total. The van der Waals surface area contributed by atoms with Crippen molar-refractivity contribution in [1.82, 2.24) is 20.4 Å². The highest BCUT2D eigenvalue weighted by molar-refractivity contribution is 5.81. The fraction of sp³-hybridized carbons (Fsp3) is 0.583. The van der Waals surface area contributed by atoms with E-state index in [0.717, 1.165) is 29.8 Å². The van der Waals surface area contributed by atoms with Crippen molar-refractivity contribution >= 4 is 11.8 Å². The standard InChI is InChI=1S/C12H15F3N4O2/c13-12(14,15)9-3-6-19(18-9)7-10(20)16-4-5-17-11(21)8-1-2-8/h3,6,8H,1-2,4-5,7H2,(H,16,20)(H,17,21). The van der Waals surface area contributed by atoms with Crippen molar-refractivity contribution in [1.29, 1.82) is 0 Å². The zero-order valence-corrected chi connectivity index (χ0v) is 11.1. The third-order valence-corrected chi connectivity index (χ3v) is 2.93. The number of carbonyl (C=O) groups is 2. The maximum atomic E-state index is 12.3. The molecule has 0 atom stereocenters. The molecule has 0 radical (unpaired) electrons. The molecule has 1 aromatic heterocycles. The third-order valence-electron chi connectivity index (χ3n) is 2.93. The van der Waals surface area contributed by atoms with Gasteiger partial charge in [-0.3, -0.25) is 14.3 Å². The van der Waals surface area contributed by atoms with Crippen molar-refractivity contribution in [2.24, 2.45) is 5.92 Å². The second kappa shape index (κ2) is 6.15. The average molecular weight is 304 g/mol. The number of aromatic nitrogens is 2. The summed E-state index contributed by atoms with van der Waals surface area (Å²) in [6.45, 7) is 0.228. The van der Waals surface area contributed by atoms with E-state index in [1.54, 1.807) is 0 Å². The van der Waals surface area contributed by atoms with E-state index in [1.807, 2.05) is 0 Å². The minimum atomic E-state index is -4.52. The first-order valence-electron chi connectivity index (χ1n) is 6.51. The van der Waals surface area contributed by atoms with Gasteiger partial charge in [-0.25, -0.2) is 0 Å². The van der Waals surface area contributed by atoms with Crippen LogP contribution in [0.5, 0.6) is 0 Å². The smallest absolute Gasteiger partial charge is 0.354 e. The summed E-state index contributed by atoms with van der Waals surface area (Å²) in [6, 6.07) is 0.809. The van der Waals surface area contributed by atoms with E-state index in [9.17, 15) is 22.8 Å². The Labute approximate surface area is 118 Å². The van der Waals surface area contributed by atoms with Crippen LogP contribution < -0.4 is 10.6 Å². The first-order valence-corrected chi connectivity index (χ1v) is 6.51. The number of amides is 2. The van der Waals surface area contributed by atoms with Crippen molar-refractivity contribution < 1.29 is 22.8 Å². The van der Waals surface area contributed by atoms with Gasteiger partial charge in [0.15, 0.2) is 5.69 Å². The average Bonchev–Trinajstić information content (AvgIpc) is 3.13. The summed E-state index contributed by atoms with van der Waals surface area (Å²) in [5.74, 6) is -0.385. The molecule has 1 aliphatic rings. The Bertz CT molecular complexity index is 523. The minimum Gasteiger partial charge on any atom is -0.354 e. The lowest BCUT2D eigenvalue weighted by molar-refractivity contribution is -0.141. The first-order chi connectivity index (χ1) is 9.86. The zero-order valence-electron chi connectivity index (χ0n) is 11.1. The van der Waals surface area contributed by atoms with Gasteiger partial charge in [-0.1, -0.05) is 0 Å². The van der Waals surface area contributed by atoms with Crippen LogP contribution in [0.25, 0.3) is 0 Å². The normalized spacial score (nSPS) is 14.8. The van der Waals surface area contributed by atoms with E-state index in [1.165, 1.54) is 0 Å².